The summed E-state index contributed by atoms with van der Waals surface area (Å²) in [6, 6.07) is 11.3. The summed E-state index contributed by atoms with van der Waals surface area (Å²) in [5.41, 5.74) is 2.73. The minimum absolute atomic E-state index is 0.132. The van der Waals surface area contributed by atoms with Gasteiger partial charge in [0.25, 0.3) is 5.91 Å². The number of rotatable bonds is 9. The van der Waals surface area contributed by atoms with Crippen molar-refractivity contribution in [3.63, 3.8) is 0 Å². The number of hydrogen-bond acceptors (Lipinski definition) is 4. The van der Waals surface area contributed by atoms with Crippen LogP contribution in [0.5, 0.6) is 0 Å². The van der Waals surface area contributed by atoms with E-state index in [0.29, 0.717) is 24.4 Å². The first-order chi connectivity index (χ1) is 15.1. The molecule has 0 unspecified atom stereocenters. The van der Waals surface area contributed by atoms with Gasteiger partial charge in [-0.2, -0.15) is 0 Å². The quantitative estimate of drug-likeness (QED) is 0.598. The highest BCUT2D eigenvalue weighted by atomic mass is 19.1. The number of halogens is 1. The SMILES string of the molecule is COCCCNC(=O)c1cc(NC(=O)Cc2ccc(F)cc2)ccc1N1CCCCC1. The Balaban J connectivity index is 1.73. The molecule has 6 nitrogen and oxygen atoms in total. The molecule has 0 aromatic heterocycles. The van der Waals surface area contributed by atoms with Crippen molar-refractivity contribution in [3.8, 4) is 0 Å². The van der Waals surface area contributed by atoms with Gasteiger partial charge in [0.15, 0.2) is 0 Å². The number of carbonyl (C=O) groups is 2. The Morgan fingerprint density at radius 1 is 1.06 bits per heavy atom. The summed E-state index contributed by atoms with van der Waals surface area (Å²) in [6.45, 7) is 2.94. The maximum absolute atomic E-state index is 13.1. The van der Waals surface area contributed by atoms with Gasteiger partial charge in [-0.1, -0.05) is 12.1 Å². The summed E-state index contributed by atoms with van der Waals surface area (Å²) in [5.74, 6) is -0.714. The van der Waals surface area contributed by atoms with Gasteiger partial charge in [0.1, 0.15) is 5.82 Å². The molecule has 3 rings (SSSR count). The molecule has 0 spiro atoms. The van der Waals surface area contributed by atoms with Gasteiger partial charge in [0, 0.05) is 44.7 Å². The number of nitrogens with zero attached hydrogens (tertiary/aromatic N) is 1. The minimum Gasteiger partial charge on any atom is -0.385 e. The van der Waals surface area contributed by atoms with Crippen LogP contribution in [0.4, 0.5) is 15.8 Å². The summed E-state index contributed by atoms with van der Waals surface area (Å²) < 4.78 is 18.1. The monoisotopic (exact) mass is 427 g/mol. The number of benzene rings is 2. The lowest BCUT2D eigenvalue weighted by molar-refractivity contribution is -0.115. The van der Waals surface area contributed by atoms with E-state index in [9.17, 15) is 14.0 Å². The van der Waals surface area contributed by atoms with Gasteiger partial charge in [-0.15, -0.1) is 0 Å². The Morgan fingerprint density at radius 2 is 1.81 bits per heavy atom. The minimum atomic E-state index is -0.335. The second kappa shape index (κ2) is 11.5. The fraction of sp³-hybridized carbons (Fsp3) is 0.417. The molecule has 0 bridgehead atoms. The first-order valence-electron chi connectivity index (χ1n) is 10.8. The predicted molar refractivity (Wildman–Crippen MR) is 120 cm³/mol. The summed E-state index contributed by atoms with van der Waals surface area (Å²) in [7, 11) is 1.63. The van der Waals surface area contributed by atoms with Crippen molar-refractivity contribution in [2.75, 3.05) is 43.6 Å². The summed E-state index contributed by atoms with van der Waals surface area (Å²) in [5, 5.41) is 5.80. The molecule has 2 amide bonds. The number of hydrogen-bond donors (Lipinski definition) is 2. The average molecular weight is 428 g/mol. The molecule has 0 aliphatic carbocycles. The van der Waals surface area contributed by atoms with Gasteiger partial charge in [-0.3, -0.25) is 9.59 Å². The number of carbonyl (C=O) groups excluding carboxylic acids is 2. The maximum Gasteiger partial charge on any atom is 0.253 e. The van der Waals surface area contributed by atoms with Gasteiger partial charge >= 0.3 is 0 Å². The van der Waals surface area contributed by atoms with Crippen LogP contribution in [0.2, 0.25) is 0 Å². The zero-order valence-corrected chi connectivity index (χ0v) is 18.0. The van der Waals surface area contributed by atoms with Gasteiger partial charge in [0.05, 0.1) is 12.0 Å². The number of ether oxygens (including phenoxy) is 1. The van der Waals surface area contributed by atoms with Crippen molar-refractivity contribution in [1.82, 2.24) is 5.32 Å². The van der Waals surface area contributed by atoms with Gasteiger partial charge in [0.2, 0.25) is 5.91 Å². The van der Waals surface area contributed by atoms with E-state index < -0.39 is 0 Å². The van der Waals surface area contributed by atoms with E-state index in [4.69, 9.17) is 4.74 Å². The van der Waals surface area contributed by atoms with Crippen molar-refractivity contribution in [2.24, 2.45) is 0 Å². The van der Waals surface area contributed by atoms with E-state index in [0.717, 1.165) is 43.6 Å². The van der Waals surface area contributed by atoms with Crippen LogP contribution < -0.4 is 15.5 Å². The molecule has 0 saturated carbocycles. The van der Waals surface area contributed by atoms with Crippen molar-refractivity contribution in [3.05, 3.63) is 59.4 Å². The van der Waals surface area contributed by atoms with Gasteiger partial charge in [-0.25, -0.2) is 4.39 Å². The third kappa shape index (κ3) is 6.79. The third-order valence-electron chi connectivity index (χ3n) is 5.31. The van der Waals surface area contributed by atoms with Crippen LogP contribution >= 0.6 is 0 Å². The average Bonchev–Trinajstić information content (AvgIpc) is 2.78. The van der Waals surface area contributed by atoms with E-state index >= 15 is 0 Å². The molecule has 166 valence electrons. The number of anilines is 2. The Bertz CT molecular complexity index is 880. The molecule has 2 N–H and O–H groups in total. The zero-order chi connectivity index (χ0) is 22.1. The highest BCUT2D eigenvalue weighted by Gasteiger charge is 2.19. The van der Waals surface area contributed by atoms with Crippen LogP contribution in [0.15, 0.2) is 42.5 Å². The standard InChI is InChI=1S/C24H30FN3O3/c1-31-15-5-12-26-24(30)21-17-20(10-11-22(21)28-13-3-2-4-14-28)27-23(29)16-18-6-8-19(25)9-7-18/h6-11,17H,2-5,12-16H2,1H3,(H,26,30)(H,27,29). The fourth-order valence-electron chi connectivity index (χ4n) is 3.71. The van der Waals surface area contributed by atoms with Crippen LogP contribution in [-0.2, 0) is 16.0 Å². The van der Waals surface area contributed by atoms with Crippen LogP contribution in [0.25, 0.3) is 0 Å². The molecule has 0 atom stereocenters. The van der Waals surface area contributed by atoms with Crippen LogP contribution in [0.3, 0.4) is 0 Å². The molecule has 1 fully saturated rings. The van der Waals surface area contributed by atoms with Gasteiger partial charge < -0.3 is 20.3 Å². The highest BCUT2D eigenvalue weighted by Crippen LogP contribution is 2.27. The topological polar surface area (TPSA) is 70.7 Å². The molecular weight excluding hydrogens is 397 g/mol. The Labute approximate surface area is 182 Å². The van der Waals surface area contributed by atoms with Crippen molar-refractivity contribution in [1.29, 1.82) is 0 Å². The van der Waals surface area contributed by atoms with Crippen molar-refractivity contribution < 1.29 is 18.7 Å². The second-order valence-corrected chi connectivity index (χ2v) is 7.73. The molecule has 2 aromatic rings. The molecule has 1 aliphatic heterocycles. The van der Waals surface area contributed by atoms with Crippen LogP contribution in [0, 0.1) is 5.82 Å². The first-order valence-corrected chi connectivity index (χ1v) is 10.8. The van der Waals surface area contributed by atoms with E-state index in [2.05, 4.69) is 15.5 Å². The Kier molecular flexibility index (Phi) is 8.41. The molecule has 1 heterocycles. The van der Waals surface area contributed by atoms with Gasteiger partial charge in [-0.05, 0) is 61.6 Å². The second-order valence-electron chi connectivity index (χ2n) is 7.73. The van der Waals surface area contributed by atoms with E-state index in [-0.39, 0.29) is 24.1 Å². The number of amides is 2. The maximum atomic E-state index is 13.1. The zero-order valence-electron chi connectivity index (χ0n) is 18.0. The van der Waals surface area contributed by atoms with Crippen LogP contribution in [-0.4, -0.2) is 45.2 Å². The normalized spacial score (nSPS) is 13.7. The third-order valence-corrected chi connectivity index (χ3v) is 5.31. The number of nitrogens with one attached hydrogen (secondary N) is 2. The summed E-state index contributed by atoms with van der Waals surface area (Å²) >= 11 is 0. The Morgan fingerprint density at radius 3 is 2.52 bits per heavy atom. The first kappa shape index (κ1) is 22.7. The molecule has 1 saturated heterocycles. The van der Waals surface area contributed by atoms with Crippen LogP contribution in [0.1, 0.15) is 41.6 Å². The molecule has 2 aromatic carbocycles. The number of piperidine rings is 1. The lowest BCUT2D eigenvalue weighted by Gasteiger charge is -2.30. The molecule has 31 heavy (non-hydrogen) atoms. The van der Waals surface area contributed by atoms with E-state index in [1.807, 2.05) is 12.1 Å². The highest BCUT2D eigenvalue weighted by molar-refractivity contribution is 6.02. The summed E-state index contributed by atoms with van der Waals surface area (Å²) in [4.78, 5) is 27.6. The lowest BCUT2D eigenvalue weighted by Crippen LogP contribution is -2.33. The predicted octanol–water partition coefficient (Wildman–Crippen LogP) is 3.76. The summed E-state index contributed by atoms with van der Waals surface area (Å²) in [6.07, 6.45) is 4.27. The molecule has 7 heteroatoms. The largest absolute Gasteiger partial charge is 0.385 e. The number of methoxy groups -OCH3 is 1. The van der Waals surface area contributed by atoms with E-state index in [1.54, 1.807) is 25.3 Å². The van der Waals surface area contributed by atoms with Crippen molar-refractivity contribution in [2.45, 2.75) is 32.1 Å². The molecule has 1 aliphatic rings. The van der Waals surface area contributed by atoms with Crippen molar-refractivity contribution >= 4 is 23.2 Å². The molecular formula is C24H30FN3O3. The smallest absolute Gasteiger partial charge is 0.253 e. The van der Waals surface area contributed by atoms with E-state index in [1.165, 1.54) is 18.6 Å². The lowest BCUT2D eigenvalue weighted by atomic mass is 10.1. The fourth-order valence-corrected chi connectivity index (χ4v) is 3.71. The Hall–Kier alpha value is -2.93. The molecule has 0 radical (unpaired) electrons.